The molecule has 0 aliphatic rings. The van der Waals surface area contributed by atoms with Crippen LogP contribution in [0.25, 0.3) is 0 Å². The molecule has 1 heterocycles. The molecule has 1 atom stereocenters. The number of carbonyl (C=O) groups is 1. The molecule has 0 aliphatic heterocycles. The van der Waals surface area contributed by atoms with Gasteiger partial charge in [-0.15, -0.1) is 11.6 Å². The van der Waals surface area contributed by atoms with Gasteiger partial charge in [0, 0.05) is 13.0 Å². The van der Waals surface area contributed by atoms with Gasteiger partial charge >= 0.3 is 0 Å². The highest BCUT2D eigenvalue weighted by Crippen LogP contribution is 2.02. The molecule has 1 unspecified atom stereocenters. The standard InChI is InChI=1S/C10H14ClNO3/c1-14-7-8(4-5-11)12-10(13)9-3-2-6-15-9/h2-3,6,8H,4-5,7H2,1H3,(H,12,13). The first kappa shape index (κ1) is 12.1. The third kappa shape index (κ3) is 3.93. The van der Waals surface area contributed by atoms with Crippen molar-refractivity contribution in [2.24, 2.45) is 0 Å². The minimum Gasteiger partial charge on any atom is -0.459 e. The van der Waals surface area contributed by atoms with Crippen molar-refractivity contribution in [2.45, 2.75) is 12.5 Å². The molecule has 15 heavy (non-hydrogen) atoms. The molecule has 84 valence electrons. The van der Waals surface area contributed by atoms with E-state index in [2.05, 4.69) is 5.32 Å². The van der Waals surface area contributed by atoms with Crippen LogP contribution in [0.2, 0.25) is 0 Å². The van der Waals surface area contributed by atoms with E-state index in [9.17, 15) is 4.79 Å². The Labute approximate surface area is 93.5 Å². The zero-order valence-electron chi connectivity index (χ0n) is 8.53. The lowest BCUT2D eigenvalue weighted by molar-refractivity contribution is 0.0867. The number of amides is 1. The number of ether oxygens (including phenoxy) is 1. The Bertz CT molecular complexity index is 281. The van der Waals surface area contributed by atoms with Crippen LogP contribution < -0.4 is 5.32 Å². The molecule has 0 saturated carbocycles. The summed E-state index contributed by atoms with van der Waals surface area (Å²) in [5, 5.41) is 2.78. The fourth-order valence-electron chi connectivity index (χ4n) is 1.19. The molecule has 0 fully saturated rings. The lowest BCUT2D eigenvalue weighted by Gasteiger charge is -2.15. The third-order valence-electron chi connectivity index (χ3n) is 1.91. The van der Waals surface area contributed by atoms with E-state index < -0.39 is 0 Å². The maximum Gasteiger partial charge on any atom is 0.287 e. The normalized spacial score (nSPS) is 12.4. The molecule has 5 heteroatoms. The van der Waals surface area contributed by atoms with Crippen LogP contribution in [0, 0.1) is 0 Å². The first-order chi connectivity index (χ1) is 7.27. The molecule has 1 N–H and O–H groups in total. The number of alkyl halides is 1. The van der Waals surface area contributed by atoms with Gasteiger partial charge in [-0.2, -0.15) is 0 Å². The summed E-state index contributed by atoms with van der Waals surface area (Å²) < 4.78 is 9.94. The topological polar surface area (TPSA) is 51.5 Å². The Kier molecular flexibility index (Phi) is 5.21. The van der Waals surface area contributed by atoms with E-state index >= 15 is 0 Å². The molecular formula is C10H14ClNO3. The van der Waals surface area contributed by atoms with Gasteiger partial charge in [0.1, 0.15) is 0 Å². The first-order valence-electron chi connectivity index (χ1n) is 4.67. The molecule has 1 aromatic heterocycles. The van der Waals surface area contributed by atoms with Crippen LogP contribution in [0.5, 0.6) is 0 Å². The predicted octanol–water partition coefficient (Wildman–Crippen LogP) is 1.65. The van der Waals surface area contributed by atoms with Gasteiger partial charge in [0.25, 0.3) is 5.91 Å². The maximum atomic E-state index is 11.6. The van der Waals surface area contributed by atoms with E-state index in [0.29, 0.717) is 24.7 Å². The second kappa shape index (κ2) is 6.48. The Morgan fingerprint density at radius 1 is 1.73 bits per heavy atom. The van der Waals surface area contributed by atoms with Gasteiger partial charge in [-0.1, -0.05) is 0 Å². The van der Waals surface area contributed by atoms with Crippen molar-refractivity contribution in [1.82, 2.24) is 5.32 Å². The quantitative estimate of drug-likeness (QED) is 0.758. The van der Waals surface area contributed by atoms with E-state index in [4.69, 9.17) is 20.8 Å². The van der Waals surface area contributed by atoms with Crippen molar-refractivity contribution < 1.29 is 13.9 Å². The summed E-state index contributed by atoms with van der Waals surface area (Å²) in [6.07, 6.45) is 2.13. The Morgan fingerprint density at radius 2 is 2.53 bits per heavy atom. The summed E-state index contributed by atoms with van der Waals surface area (Å²) >= 11 is 5.61. The molecule has 0 bridgehead atoms. The molecule has 1 amide bonds. The molecule has 0 aliphatic carbocycles. The van der Waals surface area contributed by atoms with E-state index in [1.54, 1.807) is 19.2 Å². The number of furan rings is 1. The highest BCUT2D eigenvalue weighted by molar-refractivity contribution is 6.17. The zero-order chi connectivity index (χ0) is 11.1. The van der Waals surface area contributed by atoms with E-state index in [0.717, 1.165) is 0 Å². The van der Waals surface area contributed by atoms with Crippen molar-refractivity contribution in [3.8, 4) is 0 Å². The largest absolute Gasteiger partial charge is 0.459 e. The molecule has 0 aromatic carbocycles. The monoisotopic (exact) mass is 231 g/mol. The van der Waals surface area contributed by atoms with Gasteiger partial charge in [-0.05, 0) is 18.6 Å². The van der Waals surface area contributed by atoms with Crippen LogP contribution in [-0.4, -0.2) is 31.5 Å². The fraction of sp³-hybridized carbons (Fsp3) is 0.500. The number of hydrogen-bond acceptors (Lipinski definition) is 3. The second-order valence-corrected chi connectivity index (χ2v) is 3.46. The number of nitrogens with one attached hydrogen (secondary N) is 1. The van der Waals surface area contributed by atoms with Crippen molar-refractivity contribution >= 4 is 17.5 Å². The Hall–Kier alpha value is -1.00. The second-order valence-electron chi connectivity index (χ2n) is 3.08. The van der Waals surface area contributed by atoms with Gasteiger partial charge < -0.3 is 14.5 Å². The van der Waals surface area contributed by atoms with Crippen LogP contribution in [-0.2, 0) is 4.74 Å². The van der Waals surface area contributed by atoms with E-state index in [-0.39, 0.29) is 11.9 Å². The summed E-state index contributed by atoms with van der Waals surface area (Å²) in [5.41, 5.74) is 0. The Morgan fingerprint density at radius 3 is 3.07 bits per heavy atom. The van der Waals surface area contributed by atoms with Gasteiger partial charge in [-0.3, -0.25) is 4.79 Å². The first-order valence-corrected chi connectivity index (χ1v) is 5.20. The van der Waals surface area contributed by atoms with Gasteiger partial charge in [-0.25, -0.2) is 0 Å². The van der Waals surface area contributed by atoms with Crippen LogP contribution in [0.1, 0.15) is 17.0 Å². The van der Waals surface area contributed by atoms with E-state index in [1.165, 1.54) is 6.26 Å². The number of hydrogen-bond donors (Lipinski definition) is 1. The van der Waals surface area contributed by atoms with Crippen LogP contribution in [0.15, 0.2) is 22.8 Å². The Balaban J connectivity index is 2.47. The molecule has 0 radical (unpaired) electrons. The molecule has 1 rings (SSSR count). The minimum absolute atomic E-state index is 0.0786. The molecule has 1 aromatic rings. The number of rotatable bonds is 6. The molecular weight excluding hydrogens is 218 g/mol. The lowest BCUT2D eigenvalue weighted by atomic mass is 10.2. The molecule has 4 nitrogen and oxygen atoms in total. The van der Waals surface area contributed by atoms with Crippen molar-refractivity contribution in [3.63, 3.8) is 0 Å². The van der Waals surface area contributed by atoms with Gasteiger partial charge in [0.05, 0.1) is 18.9 Å². The van der Waals surface area contributed by atoms with Crippen molar-refractivity contribution in [3.05, 3.63) is 24.2 Å². The lowest BCUT2D eigenvalue weighted by Crippen LogP contribution is -2.38. The minimum atomic E-state index is -0.243. The summed E-state index contributed by atoms with van der Waals surface area (Å²) in [5.74, 6) is 0.532. The molecule has 0 spiro atoms. The maximum absolute atomic E-state index is 11.6. The third-order valence-corrected chi connectivity index (χ3v) is 2.12. The average molecular weight is 232 g/mol. The van der Waals surface area contributed by atoms with Crippen LogP contribution >= 0.6 is 11.6 Å². The van der Waals surface area contributed by atoms with Gasteiger partial charge in [0.2, 0.25) is 0 Å². The van der Waals surface area contributed by atoms with E-state index in [1.807, 2.05) is 0 Å². The predicted molar refractivity (Wildman–Crippen MR) is 57.2 cm³/mol. The zero-order valence-corrected chi connectivity index (χ0v) is 9.29. The van der Waals surface area contributed by atoms with Crippen molar-refractivity contribution in [1.29, 1.82) is 0 Å². The summed E-state index contributed by atoms with van der Waals surface area (Å²) in [7, 11) is 1.58. The van der Waals surface area contributed by atoms with Crippen molar-refractivity contribution in [2.75, 3.05) is 19.6 Å². The number of carbonyl (C=O) groups excluding carboxylic acids is 1. The number of methoxy groups -OCH3 is 1. The highest BCUT2D eigenvalue weighted by atomic mass is 35.5. The summed E-state index contributed by atoms with van der Waals surface area (Å²) in [4.78, 5) is 11.6. The molecule has 0 saturated heterocycles. The number of halogens is 1. The smallest absolute Gasteiger partial charge is 0.287 e. The fourth-order valence-corrected chi connectivity index (χ4v) is 1.46. The van der Waals surface area contributed by atoms with Crippen LogP contribution in [0.4, 0.5) is 0 Å². The SMILES string of the molecule is COCC(CCCl)NC(=O)c1ccco1. The highest BCUT2D eigenvalue weighted by Gasteiger charge is 2.14. The van der Waals surface area contributed by atoms with Crippen LogP contribution in [0.3, 0.4) is 0 Å². The summed E-state index contributed by atoms with van der Waals surface area (Å²) in [6.45, 7) is 0.444. The van der Waals surface area contributed by atoms with Gasteiger partial charge in [0.15, 0.2) is 5.76 Å². The summed E-state index contributed by atoms with van der Waals surface area (Å²) in [6, 6.07) is 3.20. The average Bonchev–Trinajstić information content (AvgIpc) is 2.71.